The van der Waals surface area contributed by atoms with E-state index in [9.17, 15) is 9.59 Å². The molecule has 2 N–H and O–H groups in total. The number of benzene rings is 1. The van der Waals surface area contributed by atoms with Crippen LogP contribution in [0, 0.1) is 10.5 Å². The number of carbonyl (C=O) groups excluding carboxylic acids is 1. The van der Waals surface area contributed by atoms with E-state index >= 15 is 0 Å². The lowest BCUT2D eigenvalue weighted by atomic mass is 10.2. The number of carboxylic acids is 1. The van der Waals surface area contributed by atoms with E-state index in [1.54, 1.807) is 19.1 Å². The summed E-state index contributed by atoms with van der Waals surface area (Å²) < 4.78 is 5.52. The van der Waals surface area contributed by atoms with Crippen molar-refractivity contribution in [2.24, 2.45) is 0 Å². The van der Waals surface area contributed by atoms with Gasteiger partial charge in [-0.3, -0.25) is 4.79 Å². The molecule has 2 aromatic rings. The van der Waals surface area contributed by atoms with Gasteiger partial charge in [-0.2, -0.15) is 4.37 Å². The molecule has 1 amide bonds. The van der Waals surface area contributed by atoms with Crippen molar-refractivity contribution in [1.82, 2.24) is 4.37 Å². The highest BCUT2D eigenvalue weighted by molar-refractivity contribution is 14.1. The minimum Gasteiger partial charge on any atom is -0.478 e. The van der Waals surface area contributed by atoms with Gasteiger partial charge in [-0.05, 0) is 59.2 Å². The summed E-state index contributed by atoms with van der Waals surface area (Å²) in [5.41, 5.74) is 0.900. The maximum atomic E-state index is 12.2. The molecule has 0 radical (unpaired) electrons. The van der Waals surface area contributed by atoms with E-state index in [1.165, 1.54) is 0 Å². The third-order valence-corrected chi connectivity index (χ3v) is 4.76. The van der Waals surface area contributed by atoms with E-state index in [0.717, 1.165) is 19.6 Å². The number of hydrogen-bond acceptors (Lipinski definition) is 4. The van der Waals surface area contributed by atoms with Crippen LogP contribution in [0.2, 0.25) is 0 Å². The van der Waals surface area contributed by atoms with E-state index in [4.69, 9.17) is 5.11 Å². The lowest BCUT2D eigenvalue weighted by molar-refractivity contribution is 0.0697. The smallest absolute Gasteiger partial charge is 0.340 e. The number of nitrogens with one attached hydrogen (secondary N) is 1. The average Bonchev–Trinajstić information content (AvgIpc) is 2.73. The Bertz CT molecular complexity index is 702. The molecule has 0 spiro atoms. The Morgan fingerprint density at radius 2 is 2.15 bits per heavy atom. The molecule has 0 aliphatic rings. The van der Waals surface area contributed by atoms with Crippen molar-refractivity contribution < 1.29 is 14.7 Å². The van der Waals surface area contributed by atoms with Gasteiger partial charge in [0.25, 0.3) is 5.91 Å². The number of aromatic carboxylic acids is 1. The van der Waals surface area contributed by atoms with Crippen molar-refractivity contribution in [2.45, 2.75) is 6.92 Å². The first-order valence-electron chi connectivity index (χ1n) is 5.36. The quantitative estimate of drug-likeness (QED) is 0.675. The number of hydrogen-bond donors (Lipinski definition) is 2. The molecule has 0 aliphatic heterocycles. The van der Waals surface area contributed by atoms with E-state index in [1.807, 2.05) is 6.07 Å². The molecule has 0 atom stereocenters. The topological polar surface area (TPSA) is 79.3 Å². The molecule has 0 aliphatic carbocycles. The summed E-state index contributed by atoms with van der Waals surface area (Å²) in [7, 11) is 0. The summed E-state index contributed by atoms with van der Waals surface area (Å²) >= 11 is 6.32. The Labute approximate surface area is 140 Å². The van der Waals surface area contributed by atoms with Gasteiger partial charge in [-0.25, -0.2) is 4.79 Å². The van der Waals surface area contributed by atoms with Gasteiger partial charge in [0, 0.05) is 8.04 Å². The molecule has 0 saturated heterocycles. The van der Waals surface area contributed by atoms with Crippen LogP contribution < -0.4 is 5.32 Å². The second kappa shape index (κ2) is 6.19. The number of amides is 1. The Balaban J connectivity index is 2.33. The highest BCUT2D eigenvalue weighted by Crippen LogP contribution is 2.26. The Kier molecular flexibility index (Phi) is 4.76. The first-order valence-corrected chi connectivity index (χ1v) is 8.00. The van der Waals surface area contributed by atoms with Crippen LogP contribution >= 0.6 is 50.1 Å². The normalized spacial score (nSPS) is 10.3. The molecule has 0 bridgehead atoms. The molecule has 1 aromatic heterocycles. The van der Waals surface area contributed by atoms with Gasteiger partial charge in [-0.15, -0.1) is 0 Å². The van der Waals surface area contributed by atoms with Crippen molar-refractivity contribution in [3.8, 4) is 0 Å². The zero-order chi connectivity index (χ0) is 14.9. The second-order valence-electron chi connectivity index (χ2n) is 3.86. The van der Waals surface area contributed by atoms with Crippen molar-refractivity contribution >= 4 is 66.9 Å². The number of halogens is 2. The highest BCUT2D eigenvalue weighted by atomic mass is 127. The molecule has 104 valence electrons. The molecular weight excluding hydrogens is 459 g/mol. The van der Waals surface area contributed by atoms with Gasteiger partial charge >= 0.3 is 5.97 Å². The highest BCUT2D eigenvalue weighted by Gasteiger charge is 2.20. The van der Waals surface area contributed by atoms with Gasteiger partial charge in [0.05, 0.1) is 11.3 Å². The van der Waals surface area contributed by atoms with E-state index in [0.29, 0.717) is 11.3 Å². The molecule has 20 heavy (non-hydrogen) atoms. The molecule has 0 saturated carbocycles. The lowest BCUT2D eigenvalue weighted by Crippen LogP contribution is -2.15. The predicted molar refractivity (Wildman–Crippen MR) is 88.6 cm³/mol. The van der Waals surface area contributed by atoms with Crippen molar-refractivity contribution in [1.29, 1.82) is 0 Å². The number of nitrogens with zero attached hydrogens (tertiary/aromatic N) is 1. The Hall–Kier alpha value is -1.00. The van der Waals surface area contributed by atoms with Gasteiger partial charge in [0.1, 0.15) is 10.6 Å². The van der Waals surface area contributed by atoms with Crippen LogP contribution in [-0.2, 0) is 0 Å². The third kappa shape index (κ3) is 3.18. The molecule has 8 heteroatoms. The fraction of sp³-hybridized carbons (Fsp3) is 0.0833. The number of anilines is 1. The van der Waals surface area contributed by atoms with Crippen LogP contribution in [0.1, 0.15) is 26.4 Å². The van der Waals surface area contributed by atoms with Gasteiger partial charge < -0.3 is 10.4 Å². The monoisotopic (exact) mass is 466 g/mol. The first kappa shape index (κ1) is 15.4. The summed E-state index contributed by atoms with van der Waals surface area (Å²) in [4.78, 5) is 23.4. The summed E-state index contributed by atoms with van der Waals surface area (Å²) in [6.07, 6.45) is 0. The first-order chi connectivity index (χ1) is 9.40. The summed E-state index contributed by atoms with van der Waals surface area (Å²) in [6.45, 7) is 1.60. The summed E-state index contributed by atoms with van der Waals surface area (Å²) in [6, 6.07) is 5.32. The molecule has 1 heterocycles. The van der Waals surface area contributed by atoms with E-state index in [-0.39, 0.29) is 16.5 Å². The number of carboxylic acid groups (broad SMARTS) is 1. The zero-order valence-electron chi connectivity index (χ0n) is 10.1. The molecule has 0 fully saturated rings. The number of aromatic nitrogens is 1. The second-order valence-corrected chi connectivity index (χ2v) is 6.71. The van der Waals surface area contributed by atoms with E-state index in [2.05, 4.69) is 48.2 Å². The van der Waals surface area contributed by atoms with Crippen molar-refractivity contribution in [2.75, 3.05) is 5.32 Å². The number of aryl methyl sites for hydroxylation is 1. The molecule has 2 rings (SSSR count). The predicted octanol–water partition coefficient (Wildman–Crippen LogP) is 3.77. The largest absolute Gasteiger partial charge is 0.478 e. The lowest BCUT2D eigenvalue weighted by Gasteiger charge is -2.06. The fourth-order valence-corrected chi connectivity index (χ4v) is 3.27. The van der Waals surface area contributed by atoms with Crippen LogP contribution in [0.15, 0.2) is 22.7 Å². The molecule has 1 aromatic carbocycles. The van der Waals surface area contributed by atoms with Crippen LogP contribution in [-0.4, -0.2) is 21.4 Å². The number of carbonyl (C=O) groups is 2. The van der Waals surface area contributed by atoms with Crippen molar-refractivity contribution in [3.63, 3.8) is 0 Å². The summed E-state index contributed by atoms with van der Waals surface area (Å²) in [5, 5.41) is 12.0. The molecular formula is C12H8BrIN2O3S. The SMILES string of the molecule is Cc1nsc(NC(=O)c2cc(Br)ccc2I)c1C(=O)O. The zero-order valence-corrected chi connectivity index (χ0v) is 14.7. The minimum absolute atomic E-state index is 0.0355. The van der Waals surface area contributed by atoms with E-state index < -0.39 is 5.97 Å². The Morgan fingerprint density at radius 1 is 1.45 bits per heavy atom. The third-order valence-electron chi connectivity index (χ3n) is 2.48. The van der Waals surface area contributed by atoms with Crippen LogP contribution in [0.4, 0.5) is 5.00 Å². The van der Waals surface area contributed by atoms with Crippen LogP contribution in [0.25, 0.3) is 0 Å². The van der Waals surface area contributed by atoms with Crippen molar-refractivity contribution in [3.05, 3.63) is 43.1 Å². The maximum absolute atomic E-state index is 12.2. The number of rotatable bonds is 3. The van der Waals surface area contributed by atoms with Gasteiger partial charge in [0.2, 0.25) is 0 Å². The summed E-state index contributed by atoms with van der Waals surface area (Å²) in [5.74, 6) is -1.46. The average molecular weight is 467 g/mol. The molecule has 5 nitrogen and oxygen atoms in total. The van der Waals surface area contributed by atoms with Gasteiger partial charge in [-0.1, -0.05) is 15.9 Å². The van der Waals surface area contributed by atoms with Crippen LogP contribution in [0.3, 0.4) is 0 Å². The standard InChI is InChI=1S/C12H8BrIN2O3S/c1-5-9(12(18)19)11(20-16-5)15-10(17)7-4-6(13)2-3-8(7)14/h2-4H,1H3,(H,15,17)(H,18,19). The molecule has 0 unspecified atom stereocenters. The minimum atomic E-state index is -1.10. The Morgan fingerprint density at radius 3 is 2.80 bits per heavy atom. The van der Waals surface area contributed by atoms with Crippen LogP contribution in [0.5, 0.6) is 0 Å². The maximum Gasteiger partial charge on any atom is 0.340 e. The fourth-order valence-electron chi connectivity index (χ4n) is 1.55. The van der Waals surface area contributed by atoms with Gasteiger partial charge in [0.15, 0.2) is 0 Å².